The number of fused-ring (bicyclic) bond motifs is 2. The minimum atomic E-state index is -0.761. The van der Waals surface area contributed by atoms with Gasteiger partial charge in [-0.15, -0.1) is 0 Å². The van der Waals surface area contributed by atoms with Gasteiger partial charge in [-0.2, -0.15) is 0 Å². The third-order valence-corrected chi connectivity index (χ3v) is 6.39. The van der Waals surface area contributed by atoms with Gasteiger partial charge in [0.25, 0.3) is 5.91 Å². The van der Waals surface area contributed by atoms with Crippen molar-refractivity contribution in [3.63, 3.8) is 0 Å². The molecule has 186 valence electrons. The lowest BCUT2D eigenvalue weighted by atomic mass is 9.97. The Hall–Kier alpha value is -3.82. The number of nitrogens with one attached hydrogen (secondary N) is 2. The topological polar surface area (TPSA) is 116 Å². The number of ether oxygens (including phenoxy) is 2. The van der Waals surface area contributed by atoms with Crippen molar-refractivity contribution in [2.75, 3.05) is 13.3 Å². The van der Waals surface area contributed by atoms with Gasteiger partial charge in [-0.3, -0.25) is 14.4 Å². The molecule has 10 nitrogen and oxygen atoms in total. The normalized spacial score (nSPS) is 14.0. The van der Waals surface area contributed by atoms with Crippen LogP contribution in [-0.4, -0.2) is 45.3 Å². The molecule has 2 amide bonds. The number of nitrogens with zero attached hydrogens (tertiary/aromatic N) is 3. The van der Waals surface area contributed by atoms with Gasteiger partial charge < -0.3 is 29.2 Å². The number of imidazole rings is 1. The van der Waals surface area contributed by atoms with Crippen LogP contribution in [0, 0.1) is 5.92 Å². The summed E-state index contributed by atoms with van der Waals surface area (Å²) >= 11 is 0. The molecule has 0 bridgehead atoms. The first-order valence-corrected chi connectivity index (χ1v) is 11.9. The Morgan fingerprint density at radius 2 is 1.97 bits per heavy atom. The number of aromatic nitrogens is 3. The molecule has 0 spiro atoms. The molecule has 0 saturated heterocycles. The highest BCUT2D eigenvalue weighted by Gasteiger charge is 2.28. The minimum Gasteiger partial charge on any atom is -0.454 e. The zero-order valence-electron chi connectivity index (χ0n) is 20.2. The van der Waals surface area contributed by atoms with E-state index in [1.54, 1.807) is 30.9 Å². The van der Waals surface area contributed by atoms with Gasteiger partial charge in [-0.05, 0) is 25.3 Å². The lowest BCUT2D eigenvalue weighted by Crippen LogP contribution is -2.51. The average molecular weight is 482 g/mol. The third kappa shape index (κ3) is 5.16. The molecule has 10 heteroatoms. The highest BCUT2D eigenvalue weighted by atomic mass is 16.7. The quantitative estimate of drug-likeness (QED) is 0.429. The summed E-state index contributed by atoms with van der Waals surface area (Å²) in [5, 5.41) is 6.09. The molecule has 0 radical (unpaired) electrons. The summed E-state index contributed by atoms with van der Waals surface area (Å²) in [6.07, 6.45) is 8.26. The van der Waals surface area contributed by atoms with E-state index in [0.717, 1.165) is 13.0 Å². The largest absolute Gasteiger partial charge is 0.454 e. The molecular weight excluding hydrogens is 450 g/mol. The first-order chi connectivity index (χ1) is 16.9. The van der Waals surface area contributed by atoms with E-state index in [4.69, 9.17) is 9.47 Å². The molecule has 1 aromatic carbocycles. The smallest absolute Gasteiger partial charge is 0.257 e. The van der Waals surface area contributed by atoms with E-state index in [2.05, 4.69) is 15.6 Å². The molecule has 35 heavy (non-hydrogen) atoms. The summed E-state index contributed by atoms with van der Waals surface area (Å²) in [4.78, 5) is 43.5. The highest BCUT2D eigenvalue weighted by Crippen LogP contribution is 2.35. The fraction of sp³-hybridized carbons (Fsp3) is 0.440. The summed E-state index contributed by atoms with van der Waals surface area (Å²) in [5.41, 5.74) is 0.232. The van der Waals surface area contributed by atoms with Gasteiger partial charge >= 0.3 is 0 Å². The van der Waals surface area contributed by atoms with Crippen LogP contribution >= 0.6 is 0 Å². The van der Waals surface area contributed by atoms with Crippen LogP contribution in [0.3, 0.4) is 0 Å². The molecule has 3 heterocycles. The number of hydrogen-bond acceptors (Lipinski definition) is 6. The summed E-state index contributed by atoms with van der Waals surface area (Å²) in [6, 6.07) is 2.61. The fourth-order valence-electron chi connectivity index (χ4n) is 4.13. The van der Waals surface area contributed by atoms with Crippen molar-refractivity contribution < 1.29 is 19.1 Å². The second-order valence-electron chi connectivity index (χ2n) is 8.66. The van der Waals surface area contributed by atoms with Gasteiger partial charge in [-0.25, -0.2) is 4.98 Å². The lowest BCUT2D eigenvalue weighted by molar-refractivity contribution is -0.124. The Kier molecular flexibility index (Phi) is 7.38. The molecular formula is C25H31N5O5. The summed E-state index contributed by atoms with van der Waals surface area (Å²) in [7, 11) is 0. The Labute approximate surface area is 203 Å². The summed E-state index contributed by atoms with van der Waals surface area (Å²) in [5.74, 6) is 0.0874. The predicted octanol–water partition coefficient (Wildman–Crippen LogP) is 2.30. The molecule has 2 N–H and O–H groups in total. The number of amides is 2. The second kappa shape index (κ2) is 10.6. The van der Waals surface area contributed by atoms with Gasteiger partial charge in [0.15, 0.2) is 11.5 Å². The van der Waals surface area contributed by atoms with Crippen LogP contribution in [-0.2, 0) is 17.9 Å². The van der Waals surface area contributed by atoms with E-state index in [1.807, 2.05) is 36.1 Å². The van der Waals surface area contributed by atoms with Crippen molar-refractivity contribution in [1.82, 2.24) is 24.8 Å². The Bertz CT molecular complexity index is 1270. The number of hydrogen-bond donors (Lipinski definition) is 2. The standard InChI is InChI=1S/C25H31N5O5/c1-4-16(3)22(25(33)27-7-6-9-29-10-8-26-14-29)28-24(32)18-13-30(5-2)19-12-21-20(34-15-35-21)11-17(19)23(18)31/h8,10-14,16,22H,4-7,9,15H2,1-3H3,(H,27,33)(H,28,32)/t16-,22-/m0/s1. The van der Waals surface area contributed by atoms with Crippen molar-refractivity contribution in [1.29, 1.82) is 0 Å². The SMILES string of the molecule is CC[C@H](C)[C@H](NC(=O)c1cn(CC)c2cc3c(cc2c1=O)OCO3)C(=O)NCCCn1ccnc1. The molecule has 2 aromatic heterocycles. The Morgan fingerprint density at radius 3 is 2.66 bits per heavy atom. The number of rotatable bonds is 10. The molecule has 1 aliphatic heterocycles. The van der Waals surface area contributed by atoms with E-state index in [9.17, 15) is 14.4 Å². The number of aryl methyl sites for hydroxylation is 2. The summed E-state index contributed by atoms with van der Waals surface area (Å²) < 4.78 is 14.6. The second-order valence-corrected chi connectivity index (χ2v) is 8.66. The molecule has 0 aliphatic carbocycles. The molecule has 4 rings (SSSR count). The van der Waals surface area contributed by atoms with Gasteiger partial charge in [0.2, 0.25) is 18.1 Å². The molecule has 2 atom stereocenters. The van der Waals surface area contributed by atoms with Gasteiger partial charge in [0.05, 0.1) is 17.2 Å². The van der Waals surface area contributed by atoms with E-state index < -0.39 is 17.4 Å². The Morgan fingerprint density at radius 1 is 1.20 bits per heavy atom. The maximum atomic E-state index is 13.3. The molecule has 3 aromatic rings. The van der Waals surface area contributed by atoms with E-state index in [-0.39, 0.29) is 24.2 Å². The van der Waals surface area contributed by atoms with Crippen molar-refractivity contribution in [2.45, 2.75) is 52.7 Å². The Balaban J connectivity index is 1.52. The molecule has 0 saturated carbocycles. The number of carbonyl (C=O) groups is 2. The van der Waals surface area contributed by atoms with E-state index in [1.165, 1.54) is 0 Å². The summed E-state index contributed by atoms with van der Waals surface area (Å²) in [6.45, 7) is 7.62. The monoisotopic (exact) mass is 481 g/mol. The zero-order valence-corrected chi connectivity index (χ0v) is 20.2. The maximum Gasteiger partial charge on any atom is 0.257 e. The van der Waals surface area contributed by atoms with Gasteiger partial charge in [0.1, 0.15) is 11.6 Å². The minimum absolute atomic E-state index is 0.0144. The number of carbonyl (C=O) groups excluding carboxylic acids is 2. The number of pyridine rings is 1. The molecule has 0 fully saturated rings. The van der Waals surface area contributed by atoms with Crippen molar-refractivity contribution in [2.24, 2.45) is 5.92 Å². The zero-order chi connectivity index (χ0) is 24.9. The maximum absolute atomic E-state index is 13.3. The van der Waals surface area contributed by atoms with Crippen LogP contribution in [0.5, 0.6) is 11.5 Å². The van der Waals surface area contributed by atoms with Crippen molar-refractivity contribution in [3.05, 3.63) is 52.8 Å². The first kappa shape index (κ1) is 24.3. The lowest BCUT2D eigenvalue weighted by Gasteiger charge is -2.24. The molecule has 0 unspecified atom stereocenters. The van der Waals surface area contributed by atoms with Crippen molar-refractivity contribution >= 4 is 22.7 Å². The van der Waals surface area contributed by atoms with Crippen LogP contribution in [0.4, 0.5) is 0 Å². The third-order valence-electron chi connectivity index (χ3n) is 6.39. The van der Waals surface area contributed by atoms with E-state index >= 15 is 0 Å². The number of benzene rings is 1. The van der Waals surface area contributed by atoms with Crippen LogP contribution in [0.2, 0.25) is 0 Å². The van der Waals surface area contributed by atoms with Crippen LogP contribution < -0.4 is 25.5 Å². The van der Waals surface area contributed by atoms with Gasteiger partial charge in [-0.1, -0.05) is 20.3 Å². The van der Waals surface area contributed by atoms with Crippen LogP contribution in [0.1, 0.15) is 44.0 Å². The molecule has 1 aliphatic rings. The van der Waals surface area contributed by atoms with Crippen molar-refractivity contribution in [3.8, 4) is 11.5 Å². The van der Waals surface area contributed by atoms with E-state index in [0.29, 0.717) is 41.9 Å². The fourth-order valence-corrected chi connectivity index (χ4v) is 4.13. The average Bonchev–Trinajstić information content (AvgIpc) is 3.55. The predicted molar refractivity (Wildman–Crippen MR) is 131 cm³/mol. The van der Waals surface area contributed by atoms with Crippen LogP contribution in [0.25, 0.3) is 10.9 Å². The van der Waals surface area contributed by atoms with Gasteiger partial charge in [0, 0.05) is 44.3 Å². The first-order valence-electron chi connectivity index (χ1n) is 11.9. The van der Waals surface area contributed by atoms with Crippen LogP contribution in [0.15, 0.2) is 41.8 Å². The highest BCUT2D eigenvalue weighted by molar-refractivity contribution is 6.00.